The highest BCUT2D eigenvalue weighted by atomic mass is 32.1. The molecule has 2 saturated heterocycles. The number of carbonyl (C=O) groups excluding carboxylic acids is 3. The number of benzene rings is 2. The monoisotopic (exact) mass is 510 g/mol. The van der Waals surface area contributed by atoms with Crippen LogP contribution in [0.15, 0.2) is 42.5 Å². The molecule has 0 saturated carbocycles. The van der Waals surface area contributed by atoms with Crippen molar-refractivity contribution in [1.29, 1.82) is 0 Å². The van der Waals surface area contributed by atoms with Gasteiger partial charge in [0, 0.05) is 18.7 Å². The van der Waals surface area contributed by atoms with Gasteiger partial charge in [-0.15, -0.1) is 0 Å². The van der Waals surface area contributed by atoms with Crippen molar-refractivity contribution in [2.75, 3.05) is 19.6 Å². The topological polar surface area (TPSA) is 122 Å². The van der Waals surface area contributed by atoms with Gasteiger partial charge < -0.3 is 30.5 Å². The normalized spacial score (nSPS) is 20.3. The van der Waals surface area contributed by atoms with Crippen LogP contribution in [-0.4, -0.2) is 87.3 Å². The second-order valence-electron chi connectivity index (χ2n) is 9.34. The van der Waals surface area contributed by atoms with Gasteiger partial charge in [0.15, 0.2) is 0 Å². The van der Waals surface area contributed by atoms with Gasteiger partial charge in [-0.05, 0) is 49.4 Å². The molecule has 0 unspecified atom stereocenters. The molecule has 11 heteroatoms. The number of fused-ring (bicyclic) bond motifs is 1. The first-order valence-corrected chi connectivity index (χ1v) is 12.7. The van der Waals surface area contributed by atoms with Crippen LogP contribution in [0.3, 0.4) is 0 Å². The van der Waals surface area contributed by atoms with E-state index in [9.17, 15) is 24.4 Å². The van der Waals surface area contributed by atoms with E-state index in [-0.39, 0.29) is 24.3 Å². The quantitative estimate of drug-likeness (QED) is 0.322. The van der Waals surface area contributed by atoms with Crippen molar-refractivity contribution in [2.24, 2.45) is 0 Å². The molecule has 2 aromatic rings. The van der Waals surface area contributed by atoms with Crippen molar-refractivity contribution in [1.82, 2.24) is 20.4 Å². The van der Waals surface area contributed by atoms with Crippen LogP contribution >= 0.6 is 12.2 Å². The number of hydrogen-bond acceptors (Lipinski definition) is 6. The molecule has 0 radical (unpaired) electrons. The maximum atomic E-state index is 13.0. The zero-order valence-corrected chi connectivity index (χ0v) is 21.0. The number of nitrogens with one attached hydrogen (secondary N) is 2. The molecule has 4 rings (SSSR count). The molecule has 2 aliphatic heterocycles. The smallest absolute Gasteiger partial charge is 0.426 e. The minimum absolute atomic E-state index is 0.205. The number of nitrogens with zero attached hydrogens (tertiary/aromatic N) is 2. The summed E-state index contributed by atoms with van der Waals surface area (Å²) in [7, 11) is -1.50. The maximum Gasteiger partial charge on any atom is 0.475 e. The van der Waals surface area contributed by atoms with E-state index in [0.717, 1.165) is 17.2 Å². The molecule has 4 N–H and O–H groups in total. The molecule has 3 atom stereocenters. The zero-order valence-electron chi connectivity index (χ0n) is 20.2. The van der Waals surface area contributed by atoms with Crippen LogP contribution in [0, 0.1) is 0 Å². The fourth-order valence-corrected chi connectivity index (χ4v) is 5.40. The van der Waals surface area contributed by atoms with Gasteiger partial charge in [0.25, 0.3) is 5.91 Å². The Morgan fingerprint density at radius 2 is 1.75 bits per heavy atom. The molecule has 2 aliphatic rings. The highest BCUT2D eigenvalue weighted by Crippen LogP contribution is 2.22. The predicted octanol–water partition coefficient (Wildman–Crippen LogP) is 0.869. The van der Waals surface area contributed by atoms with Gasteiger partial charge in [-0.3, -0.25) is 14.4 Å². The van der Waals surface area contributed by atoms with Crippen LogP contribution in [0.25, 0.3) is 10.8 Å². The number of carbonyl (C=O) groups is 3. The van der Waals surface area contributed by atoms with Crippen molar-refractivity contribution < 1.29 is 24.4 Å². The SMILES string of the molecule is C[C@H](NC(=O)[C@@H]1CCCN1C(=O)CNC(=O)c1cccc2ccccc12)C(=S)N1CCC[C@H]1B(O)O. The van der Waals surface area contributed by atoms with Gasteiger partial charge >= 0.3 is 7.12 Å². The molecule has 2 heterocycles. The summed E-state index contributed by atoms with van der Waals surface area (Å²) < 4.78 is 0. The summed E-state index contributed by atoms with van der Waals surface area (Å²) >= 11 is 5.52. The summed E-state index contributed by atoms with van der Waals surface area (Å²) in [6.07, 6.45) is 2.62. The molecule has 9 nitrogen and oxygen atoms in total. The number of rotatable bonds is 7. The Labute approximate surface area is 216 Å². The molecule has 3 amide bonds. The molecule has 0 aliphatic carbocycles. The van der Waals surface area contributed by atoms with Gasteiger partial charge in [0.2, 0.25) is 11.8 Å². The second kappa shape index (κ2) is 11.4. The third-order valence-corrected chi connectivity index (χ3v) is 7.55. The lowest BCUT2D eigenvalue weighted by atomic mass is 9.78. The Morgan fingerprint density at radius 3 is 2.53 bits per heavy atom. The van der Waals surface area contributed by atoms with Crippen LogP contribution < -0.4 is 10.6 Å². The summed E-state index contributed by atoms with van der Waals surface area (Å²) in [4.78, 5) is 42.5. The molecule has 0 bridgehead atoms. The van der Waals surface area contributed by atoms with Gasteiger partial charge in [0.05, 0.1) is 18.5 Å². The average molecular weight is 510 g/mol. The Balaban J connectivity index is 1.34. The van der Waals surface area contributed by atoms with E-state index >= 15 is 0 Å². The molecule has 2 aromatic carbocycles. The largest absolute Gasteiger partial charge is 0.475 e. The summed E-state index contributed by atoms with van der Waals surface area (Å²) in [6, 6.07) is 11.9. The molecule has 0 aromatic heterocycles. The van der Waals surface area contributed by atoms with Crippen LogP contribution in [0.5, 0.6) is 0 Å². The lowest BCUT2D eigenvalue weighted by Crippen LogP contribution is -2.55. The Kier molecular flexibility index (Phi) is 8.23. The number of hydrogen-bond donors (Lipinski definition) is 4. The minimum Gasteiger partial charge on any atom is -0.426 e. The van der Waals surface area contributed by atoms with E-state index in [1.54, 1.807) is 24.0 Å². The van der Waals surface area contributed by atoms with Crippen molar-refractivity contribution >= 4 is 52.8 Å². The highest BCUT2D eigenvalue weighted by Gasteiger charge is 2.38. The first-order valence-electron chi connectivity index (χ1n) is 12.3. The maximum absolute atomic E-state index is 13.0. The lowest BCUT2D eigenvalue weighted by Gasteiger charge is -2.31. The van der Waals surface area contributed by atoms with Crippen molar-refractivity contribution in [3.05, 3.63) is 48.0 Å². The minimum atomic E-state index is -1.50. The summed E-state index contributed by atoms with van der Waals surface area (Å²) in [5.41, 5.74) is 0.493. The Morgan fingerprint density at radius 1 is 1.06 bits per heavy atom. The first-order chi connectivity index (χ1) is 17.3. The second-order valence-corrected chi connectivity index (χ2v) is 9.76. The summed E-state index contributed by atoms with van der Waals surface area (Å²) in [5, 5.41) is 26.6. The average Bonchev–Trinajstić information content (AvgIpc) is 3.56. The highest BCUT2D eigenvalue weighted by molar-refractivity contribution is 7.80. The fourth-order valence-electron chi connectivity index (χ4n) is 5.11. The number of likely N-dealkylation sites (tertiary alicyclic amines) is 2. The van der Waals surface area contributed by atoms with Gasteiger partial charge in [-0.2, -0.15) is 0 Å². The molecule has 36 heavy (non-hydrogen) atoms. The van der Waals surface area contributed by atoms with E-state index in [1.165, 1.54) is 4.90 Å². The van der Waals surface area contributed by atoms with Crippen LogP contribution in [0.4, 0.5) is 0 Å². The Bertz CT molecular complexity index is 1160. The van der Waals surface area contributed by atoms with Gasteiger partial charge in [-0.1, -0.05) is 48.6 Å². The van der Waals surface area contributed by atoms with Crippen LogP contribution in [0.1, 0.15) is 43.0 Å². The zero-order chi connectivity index (χ0) is 25.8. The predicted molar refractivity (Wildman–Crippen MR) is 141 cm³/mol. The van der Waals surface area contributed by atoms with E-state index < -0.39 is 25.1 Å². The standard InChI is InChI=1S/C25H31BN4O5S/c1-16(25(36)30-14-6-12-21(30)26(34)35)28-24(33)20-11-5-13-29(20)22(31)15-27-23(32)19-10-4-8-17-7-2-3-9-18(17)19/h2-4,7-10,16,20-21,34-35H,5-6,11-15H2,1H3,(H,27,32)(H,28,33)/t16-,20-,21-/m0/s1. The molecule has 2 fully saturated rings. The molecule has 190 valence electrons. The fraction of sp³-hybridized carbons (Fsp3) is 0.440. The Hall–Kier alpha value is -3.02. The van der Waals surface area contributed by atoms with Crippen LogP contribution in [-0.2, 0) is 9.59 Å². The van der Waals surface area contributed by atoms with Crippen molar-refractivity contribution in [2.45, 2.75) is 50.6 Å². The van der Waals surface area contributed by atoms with E-state index in [2.05, 4.69) is 10.6 Å². The van der Waals surface area contributed by atoms with Crippen molar-refractivity contribution in [3.63, 3.8) is 0 Å². The molecular formula is C25H31BN4O5S. The summed E-state index contributed by atoms with van der Waals surface area (Å²) in [6.45, 7) is 2.59. The summed E-state index contributed by atoms with van der Waals surface area (Å²) in [5.74, 6) is -1.45. The number of thiocarbonyl (C=S) groups is 1. The number of amides is 3. The van der Waals surface area contributed by atoms with E-state index in [0.29, 0.717) is 42.9 Å². The lowest BCUT2D eigenvalue weighted by molar-refractivity contribution is -0.137. The van der Waals surface area contributed by atoms with E-state index in [4.69, 9.17) is 12.2 Å². The third-order valence-electron chi connectivity index (χ3n) is 6.97. The van der Waals surface area contributed by atoms with Gasteiger partial charge in [0.1, 0.15) is 11.0 Å². The molecule has 0 spiro atoms. The van der Waals surface area contributed by atoms with E-state index in [1.807, 2.05) is 30.3 Å². The third kappa shape index (κ3) is 5.53. The molecular weight excluding hydrogens is 479 g/mol. The van der Waals surface area contributed by atoms with Gasteiger partial charge in [-0.25, -0.2) is 0 Å². The first kappa shape index (κ1) is 26.1. The van der Waals surface area contributed by atoms with Crippen molar-refractivity contribution in [3.8, 4) is 0 Å². The van der Waals surface area contributed by atoms with Crippen LogP contribution in [0.2, 0.25) is 0 Å².